The topological polar surface area (TPSA) is 95.5 Å². The predicted molar refractivity (Wildman–Crippen MR) is 147 cm³/mol. The molecule has 9 heteroatoms. The highest BCUT2D eigenvalue weighted by Crippen LogP contribution is 2.35. The number of phenolic OH excluding ortho intramolecular Hbond substituents is 1. The molecular formula is C29H30FN7O. The van der Waals surface area contributed by atoms with Crippen molar-refractivity contribution < 1.29 is 9.50 Å². The first-order chi connectivity index (χ1) is 18.3. The number of anilines is 2. The molecule has 0 saturated carbocycles. The second-order valence-electron chi connectivity index (χ2n) is 11.4. The van der Waals surface area contributed by atoms with Gasteiger partial charge in [-0.2, -0.15) is 9.97 Å². The summed E-state index contributed by atoms with van der Waals surface area (Å²) in [4.78, 5) is 14.6. The number of fused-ring (bicyclic) bond motifs is 4. The zero-order chi connectivity index (χ0) is 26.2. The van der Waals surface area contributed by atoms with Crippen LogP contribution in [0.3, 0.4) is 0 Å². The maximum absolute atomic E-state index is 14.7. The van der Waals surface area contributed by atoms with Crippen LogP contribution in [0, 0.1) is 18.2 Å². The van der Waals surface area contributed by atoms with Crippen LogP contribution in [-0.4, -0.2) is 63.4 Å². The third-order valence-corrected chi connectivity index (χ3v) is 8.11. The number of benzene rings is 2. The van der Waals surface area contributed by atoms with E-state index in [2.05, 4.69) is 28.0 Å². The van der Waals surface area contributed by atoms with Crippen molar-refractivity contribution in [3.8, 4) is 18.1 Å². The minimum absolute atomic E-state index is 0.105. The molecule has 5 heterocycles. The van der Waals surface area contributed by atoms with Gasteiger partial charge < -0.3 is 30.5 Å². The molecule has 194 valence electrons. The lowest BCUT2D eigenvalue weighted by molar-refractivity contribution is 0.363. The van der Waals surface area contributed by atoms with E-state index < -0.39 is 5.82 Å². The second-order valence-corrected chi connectivity index (χ2v) is 11.4. The Bertz CT molecular complexity index is 1620. The first kappa shape index (κ1) is 23.3. The van der Waals surface area contributed by atoms with E-state index in [1.165, 1.54) is 18.9 Å². The number of rotatable bonds is 4. The molecule has 2 bridgehead atoms. The lowest BCUT2D eigenvalue weighted by Crippen LogP contribution is -2.66. The van der Waals surface area contributed by atoms with Gasteiger partial charge in [-0.1, -0.05) is 12.0 Å². The number of aromatic hydroxyl groups is 1. The van der Waals surface area contributed by atoms with Crippen LogP contribution in [-0.2, 0) is 6.54 Å². The number of terminal acetylenes is 1. The molecule has 3 fully saturated rings. The van der Waals surface area contributed by atoms with E-state index in [-0.39, 0.29) is 16.9 Å². The van der Waals surface area contributed by atoms with Gasteiger partial charge in [0.2, 0.25) is 5.95 Å². The lowest BCUT2D eigenvalue weighted by atomic mass is 9.93. The largest absolute Gasteiger partial charge is 0.508 e. The summed E-state index contributed by atoms with van der Waals surface area (Å²) in [5, 5.41) is 16.4. The first-order valence-electron chi connectivity index (χ1n) is 13.1. The van der Waals surface area contributed by atoms with Crippen LogP contribution in [0.25, 0.3) is 21.8 Å². The maximum atomic E-state index is 14.7. The van der Waals surface area contributed by atoms with E-state index >= 15 is 0 Å². The molecule has 38 heavy (non-hydrogen) atoms. The summed E-state index contributed by atoms with van der Waals surface area (Å²) in [6.45, 7) is 5.61. The zero-order valence-corrected chi connectivity index (χ0v) is 21.3. The number of phenols is 1. The number of hydrogen-bond donors (Lipinski definition) is 3. The molecular weight excluding hydrogens is 481 g/mol. The van der Waals surface area contributed by atoms with Gasteiger partial charge in [0.1, 0.15) is 23.0 Å². The van der Waals surface area contributed by atoms with Crippen LogP contribution < -0.4 is 20.9 Å². The van der Waals surface area contributed by atoms with Gasteiger partial charge in [-0.05, 0) is 55.0 Å². The number of nitrogens with zero attached hydrogens (tertiary/aromatic N) is 5. The van der Waals surface area contributed by atoms with E-state index in [1.807, 2.05) is 16.8 Å². The highest BCUT2D eigenvalue weighted by molar-refractivity contribution is 5.93. The first-order valence-corrected chi connectivity index (χ1v) is 13.1. The molecule has 3 aliphatic rings. The summed E-state index contributed by atoms with van der Waals surface area (Å²) in [6.07, 6.45) is 10.0. The summed E-state index contributed by atoms with van der Waals surface area (Å²) in [6, 6.07) is 9.18. The van der Waals surface area contributed by atoms with E-state index in [4.69, 9.17) is 22.1 Å². The van der Waals surface area contributed by atoms with Gasteiger partial charge in [-0.3, -0.25) is 0 Å². The number of hydrogen-bond acceptors (Lipinski definition) is 7. The minimum Gasteiger partial charge on any atom is -0.508 e. The maximum Gasteiger partial charge on any atom is 0.229 e. The SMILES string of the molecule is C#Cc1c(F)ccc2cc(O)cc(Cn3ccc4c(N5CC(C)(N)C5)nc(N5C[C@H]6CC[C@@H](C5)N6)nc43)c12. The van der Waals surface area contributed by atoms with Crippen molar-refractivity contribution in [3.05, 3.63) is 53.5 Å². The van der Waals surface area contributed by atoms with Gasteiger partial charge in [0.05, 0.1) is 10.9 Å². The smallest absolute Gasteiger partial charge is 0.229 e. The Morgan fingerprint density at radius 1 is 1.16 bits per heavy atom. The van der Waals surface area contributed by atoms with Crippen LogP contribution in [0.5, 0.6) is 5.75 Å². The average Bonchev–Trinajstić information content (AvgIpc) is 3.43. The van der Waals surface area contributed by atoms with Crippen molar-refractivity contribution in [2.75, 3.05) is 36.0 Å². The molecule has 0 radical (unpaired) electrons. The third-order valence-electron chi connectivity index (χ3n) is 8.11. The van der Waals surface area contributed by atoms with E-state index in [9.17, 15) is 9.50 Å². The molecule has 4 N–H and O–H groups in total. The Morgan fingerprint density at radius 3 is 2.63 bits per heavy atom. The molecule has 0 amide bonds. The van der Waals surface area contributed by atoms with E-state index in [1.54, 1.807) is 18.2 Å². The predicted octanol–water partition coefficient (Wildman–Crippen LogP) is 2.94. The third kappa shape index (κ3) is 3.75. The summed E-state index contributed by atoms with van der Waals surface area (Å²) in [5.41, 5.74) is 7.82. The van der Waals surface area contributed by atoms with Crippen molar-refractivity contribution in [1.29, 1.82) is 0 Å². The van der Waals surface area contributed by atoms with Crippen LogP contribution in [0.2, 0.25) is 0 Å². The Kier molecular flexibility index (Phi) is 5.09. The van der Waals surface area contributed by atoms with E-state index in [0.29, 0.717) is 35.3 Å². The molecule has 3 saturated heterocycles. The van der Waals surface area contributed by atoms with Crippen LogP contribution >= 0.6 is 0 Å². The van der Waals surface area contributed by atoms with Gasteiger partial charge in [-0.25, -0.2) is 4.39 Å². The highest BCUT2D eigenvalue weighted by Gasteiger charge is 2.38. The highest BCUT2D eigenvalue weighted by atomic mass is 19.1. The summed E-state index contributed by atoms with van der Waals surface area (Å²) >= 11 is 0. The monoisotopic (exact) mass is 511 g/mol. The molecule has 2 atom stereocenters. The average molecular weight is 512 g/mol. The van der Waals surface area contributed by atoms with Crippen LogP contribution in [0.1, 0.15) is 30.9 Å². The molecule has 0 unspecified atom stereocenters. The molecule has 7 rings (SSSR count). The minimum atomic E-state index is -0.452. The van der Waals surface area contributed by atoms with Crippen molar-refractivity contribution in [2.24, 2.45) is 5.73 Å². The Hall–Kier alpha value is -3.87. The standard InChI is InChI=1S/C29H30FN7O/c1-3-22-24(30)7-4-17-10-21(38)11-18(25(17)22)12-35-9-8-23-26(35)33-28(34-27(23)37-15-29(2,31)16-37)36-13-19-5-6-20(14-36)32-19/h1,4,7-11,19-20,32,38H,5-6,12-16,31H2,2H3/t19-,20+. The fourth-order valence-electron chi connectivity index (χ4n) is 6.44. The zero-order valence-electron chi connectivity index (χ0n) is 21.3. The molecule has 2 aromatic heterocycles. The van der Waals surface area contributed by atoms with Crippen molar-refractivity contribution in [3.63, 3.8) is 0 Å². The van der Waals surface area contributed by atoms with Gasteiger partial charge in [0, 0.05) is 61.9 Å². The lowest BCUT2D eigenvalue weighted by Gasteiger charge is -2.46. The summed E-state index contributed by atoms with van der Waals surface area (Å²) in [5.74, 6) is 3.76. The quantitative estimate of drug-likeness (QED) is 0.363. The van der Waals surface area contributed by atoms with Gasteiger partial charge in [-0.15, -0.1) is 6.42 Å². The fourth-order valence-corrected chi connectivity index (χ4v) is 6.44. The molecule has 0 aliphatic carbocycles. The molecule has 4 aromatic rings. The van der Waals surface area contributed by atoms with Crippen LogP contribution in [0.15, 0.2) is 36.5 Å². The van der Waals surface area contributed by atoms with Crippen LogP contribution in [0.4, 0.5) is 16.2 Å². The Morgan fingerprint density at radius 2 is 1.92 bits per heavy atom. The summed E-state index contributed by atoms with van der Waals surface area (Å²) in [7, 11) is 0. The second kappa shape index (κ2) is 8.32. The van der Waals surface area contributed by atoms with Gasteiger partial charge in [0.15, 0.2) is 0 Å². The normalized spacial score (nSPS) is 22.2. The number of halogens is 1. The van der Waals surface area contributed by atoms with E-state index in [0.717, 1.165) is 48.6 Å². The summed E-state index contributed by atoms with van der Waals surface area (Å²) < 4.78 is 16.7. The Labute approximate surface area is 220 Å². The number of aromatic nitrogens is 3. The number of nitrogens with one attached hydrogen (secondary N) is 1. The van der Waals surface area contributed by atoms with Crippen molar-refractivity contribution in [2.45, 2.75) is 43.9 Å². The van der Waals surface area contributed by atoms with Gasteiger partial charge >= 0.3 is 0 Å². The van der Waals surface area contributed by atoms with Gasteiger partial charge in [0.25, 0.3) is 0 Å². The fraction of sp³-hybridized carbons (Fsp3) is 0.379. The molecule has 2 aromatic carbocycles. The number of piperazine rings is 1. The van der Waals surface area contributed by atoms with Crippen molar-refractivity contribution in [1.82, 2.24) is 19.9 Å². The van der Waals surface area contributed by atoms with Crippen molar-refractivity contribution >= 4 is 33.6 Å². The number of nitrogens with two attached hydrogens (primary N) is 1. The molecule has 0 spiro atoms. The Balaban J connectivity index is 1.36. The molecule has 8 nitrogen and oxygen atoms in total. The molecule has 3 aliphatic heterocycles.